The highest BCUT2D eigenvalue weighted by molar-refractivity contribution is 5.84. The summed E-state index contributed by atoms with van der Waals surface area (Å²) in [6, 6.07) is 0. The minimum absolute atomic E-state index is 0.587. The SMILES string of the molecule is CCCCC1CCC(C(=NCCC)NN)CC1. The normalized spacial score (nSPS) is 25.9. The molecular weight excluding hydrogens is 210 g/mol. The van der Waals surface area contributed by atoms with Crippen LogP contribution >= 0.6 is 0 Å². The maximum atomic E-state index is 5.58. The Labute approximate surface area is 106 Å². The van der Waals surface area contributed by atoms with E-state index in [4.69, 9.17) is 5.84 Å². The van der Waals surface area contributed by atoms with Gasteiger partial charge >= 0.3 is 0 Å². The van der Waals surface area contributed by atoms with Crippen molar-refractivity contribution in [2.75, 3.05) is 6.54 Å². The van der Waals surface area contributed by atoms with E-state index in [1.165, 1.54) is 44.9 Å². The highest BCUT2D eigenvalue weighted by atomic mass is 15.3. The average molecular weight is 239 g/mol. The van der Waals surface area contributed by atoms with Gasteiger partial charge in [-0.05, 0) is 38.0 Å². The number of nitrogens with one attached hydrogen (secondary N) is 1. The summed E-state index contributed by atoms with van der Waals surface area (Å²) >= 11 is 0. The quantitative estimate of drug-likeness (QED) is 0.323. The van der Waals surface area contributed by atoms with Gasteiger partial charge in [-0.1, -0.05) is 33.1 Å². The molecule has 3 nitrogen and oxygen atoms in total. The van der Waals surface area contributed by atoms with Gasteiger partial charge in [0.25, 0.3) is 0 Å². The third-order valence-corrected chi connectivity index (χ3v) is 3.85. The first-order valence-corrected chi connectivity index (χ1v) is 7.32. The molecular formula is C14H29N3. The van der Waals surface area contributed by atoms with Crippen LogP contribution in [0.1, 0.15) is 65.2 Å². The fourth-order valence-corrected chi connectivity index (χ4v) is 2.74. The zero-order valence-corrected chi connectivity index (χ0v) is 11.5. The van der Waals surface area contributed by atoms with Gasteiger partial charge < -0.3 is 5.43 Å². The van der Waals surface area contributed by atoms with Gasteiger partial charge in [-0.3, -0.25) is 4.99 Å². The second-order valence-electron chi connectivity index (χ2n) is 5.27. The van der Waals surface area contributed by atoms with Crippen molar-refractivity contribution in [1.29, 1.82) is 0 Å². The maximum Gasteiger partial charge on any atom is 0.113 e. The first-order chi connectivity index (χ1) is 8.31. The molecule has 0 aliphatic heterocycles. The molecule has 0 bridgehead atoms. The van der Waals surface area contributed by atoms with Crippen LogP contribution in [0.5, 0.6) is 0 Å². The van der Waals surface area contributed by atoms with Crippen LogP contribution in [0.4, 0.5) is 0 Å². The fourth-order valence-electron chi connectivity index (χ4n) is 2.74. The maximum absolute atomic E-state index is 5.58. The average Bonchev–Trinajstić information content (AvgIpc) is 2.38. The van der Waals surface area contributed by atoms with Crippen LogP contribution in [0.25, 0.3) is 0 Å². The third-order valence-electron chi connectivity index (χ3n) is 3.85. The third kappa shape index (κ3) is 5.07. The van der Waals surface area contributed by atoms with Crippen molar-refractivity contribution in [2.45, 2.75) is 65.2 Å². The number of hydrazine groups is 1. The van der Waals surface area contributed by atoms with Crippen molar-refractivity contribution in [2.24, 2.45) is 22.7 Å². The molecule has 0 atom stereocenters. The zero-order chi connectivity index (χ0) is 12.5. The Morgan fingerprint density at radius 2 is 1.88 bits per heavy atom. The van der Waals surface area contributed by atoms with Crippen LogP contribution in [-0.4, -0.2) is 12.4 Å². The van der Waals surface area contributed by atoms with Crippen LogP contribution in [0.15, 0.2) is 4.99 Å². The van der Waals surface area contributed by atoms with Crippen molar-refractivity contribution in [3.05, 3.63) is 0 Å². The van der Waals surface area contributed by atoms with E-state index in [0.717, 1.165) is 24.7 Å². The van der Waals surface area contributed by atoms with Gasteiger partial charge in [0.05, 0.1) is 0 Å². The van der Waals surface area contributed by atoms with E-state index >= 15 is 0 Å². The smallest absolute Gasteiger partial charge is 0.113 e. The molecule has 3 N–H and O–H groups in total. The summed E-state index contributed by atoms with van der Waals surface area (Å²) < 4.78 is 0. The minimum atomic E-state index is 0.587. The zero-order valence-electron chi connectivity index (χ0n) is 11.5. The summed E-state index contributed by atoms with van der Waals surface area (Å²) in [5.41, 5.74) is 2.81. The Hall–Kier alpha value is -0.570. The van der Waals surface area contributed by atoms with E-state index in [9.17, 15) is 0 Å². The summed E-state index contributed by atoms with van der Waals surface area (Å²) in [6.45, 7) is 5.33. The summed E-state index contributed by atoms with van der Waals surface area (Å²) in [5.74, 6) is 8.16. The lowest BCUT2D eigenvalue weighted by atomic mass is 9.79. The summed E-state index contributed by atoms with van der Waals surface area (Å²) in [4.78, 5) is 4.55. The molecule has 1 fully saturated rings. The van der Waals surface area contributed by atoms with Crippen LogP contribution in [0.3, 0.4) is 0 Å². The van der Waals surface area contributed by atoms with Gasteiger partial charge in [-0.15, -0.1) is 0 Å². The van der Waals surface area contributed by atoms with Crippen molar-refractivity contribution >= 4 is 5.84 Å². The Morgan fingerprint density at radius 1 is 1.18 bits per heavy atom. The van der Waals surface area contributed by atoms with Crippen molar-refractivity contribution in [3.63, 3.8) is 0 Å². The van der Waals surface area contributed by atoms with Crippen LogP contribution in [-0.2, 0) is 0 Å². The lowest BCUT2D eigenvalue weighted by Gasteiger charge is -2.29. The number of aliphatic imine (C=N–C) groups is 1. The molecule has 1 rings (SSSR count). The lowest BCUT2D eigenvalue weighted by Crippen LogP contribution is -2.38. The molecule has 17 heavy (non-hydrogen) atoms. The Morgan fingerprint density at radius 3 is 2.41 bits per heavy atom. The first-order valence-electron chi connectivity index (χ1n) is 7.32. The minimum Gasteiger partial charge on any atom is -0.312 e. The molecule has 0 heterocycles. The van der Waals surface area contributed by atoms with E-state index < -0.39 is 0 Å². The molecule has 0 aromatic carbocycles. The number of nitrogens with zero attached hydrogens (tertiary/aromatic N) is 1. The Kier molecular flexibility index (Phi) is 7.25. The van der Waals surface area contributed by atoms with Gasteiger partial charge in [0.15, 0.2) is 0 Å². The second kappa shape index (κ2) is 8.51. The fraction of sp³-hybridized carbons (Fsp3) is 0.929. The van der Waals surface area contributed by atoms with Gasteiger partial charge in [0, 0.05) is 12.5 Å². The number of amidine groups is 1. The Balaban J connectivity index is 2.34. The number of unbranched alkanes of at least 4 members (excludes halogenated alkanes) is 1. The molecule has 0 spiro atoms. The van der Waals surface area contributed by atoms with Gasteiger partial charge in [0.1, 0.15) is 5.84 Å². The molecule has 0 saturated heterocycles. The van der Waals surface area contributed by atoms with Crippen molar-refractivity contribution < 1.29 is 0 Å². The molecule has 0 aromatic rings. The largest absolute Gasteiger partial charge is 0.312 e. The number of nitrogens with two attached hydrogens (primary N) is 1. The summed E-state index contributed by atoms with van der Waals surface area (Å²) in [6.07, 6.45) is 10.5. The van der Waals surface area contributed by atoms with Gasteiger partial charge in [-0.2, -0.15) is 0 Å². The molecule has 1 aliphatic rings. The van der Waals surface area contributed by atoms with Gasteiger partial charge in [-0.25, -0.2) is 5.84 Å². The predicted octanol–water partition coefficient (Wildman–Crippen LogP) is 3.25. The van der Waals surface area contributed by atoms with Crippen LogP contribution in [0.2, 0.25) is 0 Å². The van der Waals surface area contributed by atoms with Crippen molar-refractivity contribution in [3.8, 4) is 0 Å². The van der Waals surface area contributed by atoms with E-state index in [0.29, 0.717) is 5.92 Å². The van der Waals surface area contributed by atoms with Crippen LogP contribution < -0.4 is 11.3 Å². The molecule has 3 heteroatoms. The molecule has 100 valence electrons. The van der Waals surface area contributed by atoms with Crippen molar-refractivity contribution in [1.82, 2.24) is 5.43 Å². The highest BCUT2D eigenvalue weighted by Crippen LogP contribution is 2.32. The second-order valence-corrected chi connectivity index (χ2v) is 5.27. The lowest BCUT2D eigenvalue weighted by molar-refractivity contribution is 0.298. The number of hydrogen-bond acceptors (Lipinski definition) is 2. The molecule has 0 aromatic heterocycles. The predicted molar refractivity (Wildman–Crippen MR) is 74.9 cm³/mol. The number of hydrogen-bond donors (Lipinski definition) is 2. The van der Waals surface area contributed by atoms with E-state index in [1.807, 2.05) is 0 Å². The monoisotopic (exact) mass is 239 g/mol. The molecule has 0 radical (unpaired) electrons. The number of rotatable bonds is 6. The highest BCUT2D eigenvalue weighted by Gasteiger charge is 2.23. The molecule has 1 aliphatic carbocycles. The van der Waals surface area contributed by atoms with Crippen LogP contribution in [0, 0.1) is 11.8 Å². The first kappa shape index (κ1) is 14.5. The summed E-state index contributed by atoms with van der Waals surface area (Å²) in [5, 5.41) is 0. The Bertz CT molecular complexity index is 218. The van der Waals surface area contributed by atoms with E-state index in [2.05, 4.69) is 24.3 Å². The topological polar surface area (TPSA) is 50.4 Å². The molecule has 0 amide bonds. The van der Waals surface area contributed by atoms with E-state index in [1.54, 1.807) is 0 Å². The summed E-state index contributed by atoms with van der Waals surface area (Å²) in [7, 11) is 0. The molecule has 1 saturated carbocycles. The molecule has 0 unspecified atom stereocenters. The van der Waals surface area contributed by atoms with Gasteiger partial charge in [0.2, 0.25) is 0 Å². The standard InChI is InChI=1S/C14H29N3/c1-3-5-6-12-7-9-13(10-8-12)14(17-15)16-11-4-2/h12-13H,3-11,15H2,1-2H3,(H,16,17). The van der Waals surface area contributed by atoms with E-state index in [-0.39, 0.29) is 0 Å².